The van der Waals surface area contributed by atoms with Gasteiger partial charge in [-0.2, -0.15) is 0 Å². The molecule has 6 aromatic carbocycles. The number of rotatable bonds is 4. The molecule has 0 amide bonds. The Hall–Kier alpha value is -5.94. The largest absolute Gasteiger partial charge is 0.436 e. The molecule has 0 spiro atoms. The highest BCUT2D eigenvalue weighted by molar-refractivity contribution is 6.11. The molecule has 5 heteroatoms. The fourth-order valence-corrected chi connectivity index (χ4v) is 5.75. The number of nitrogens with zero attached hydrogens (tertiary/aromatic N) is 3. The average molecular weight is 559 g/mol. The Morgan fingerprint density at radius 1 is 0.512 bits per heavy atom. The van der Waals surface area contributed by atoms with Crippen molar-refractivity contribution in [2.24, 2.45) is 0 Å². The molecule has 0 aliphatic carbocycles. The molecule has 0 aliphatic heterocycles. The number of para-hydroxylation sites is 4. The normalized spacial score (nSPS) is 13.3. The number of benzene rings is 6. The minimum Gasteiger partial charge on any atom is -0.436 e. The van der Waals surface area contributed by atoms with Gasteiger partial charge in [0.1, 0.15) is 11.0 Å². The Kier molecular flexibility index (Phi) is 4.16. The average Bonchev–Trinajstić information content (AvgIpc) is 3.83. The van der Waals surface area contributed by atoms with Gasteiger partial charge in [0.15, 0.2) is 11.2 Å². The fraction of sp³-hybridized carbons (Fsp3) is 0. The monoisotopic (exact) mass is 558 g/mol. The molecule has 9 aromatic rings. The summed E-state index contributed by atoms with van der Waals surface area (Å²) in [6, 6.07) is 33.2. The van der Waals surface area contributed by atoms with E-state index in [1.165, 1.54) is 0 Å². The van der Waals surface area contributed by atoms with Crippen LogP contribution in [0.15, 0.2) is 148 Å². The van der Waals surface area contributed by atoms with Crippen LogP contribution in [0.5, 0.6) is 0 Å². The zero-order valence-corrected chi connectivity index (χ0v) is 22.6. The predicted octanol–water partition coefficient (Wildman–Crippen LogP) is 10.1. The van der Waals surface area contributed by atoms with Crippen molar-refractivity contribution < 1.29 is 15.7 Å². The number of hydrogen-bond acceptors (Lipinski definition) is 4. The van der Waals surface area contributed by atoms with Crippen molar-refractivity contribution in [1.82, 2.24) is 14.5 Å². The first-order valence-corrected chi connectivity index (χ1v) is 13.8. The van der Waals surface area contributed by atoms with E-state index in [0.717, 1.165) is 49.7 Å². The van der Waals surface area contributed by atoms with Crippen LogP contribution in [-0.4, -0.2) is 14.5 Å². The van der Waals surface area contributed by atoms with Crippen molar-refractivity contribution in [1.29, 1.82) is 0 Å². The van der Waals surface area contributed by atoms with Gasteiger partial charge in [0, 0.05) is 27.6 Å². The van der Waals surface area contributed by atoms with Crippen molar-refractivity contribution in [3.05, 3.63) is 139 Å². The predicted molar refractivity (Wildman–Crippen MR) is 172 cm³/mol. The highest BCUT2D eigenvalue weighted by Crippen LogP contribution is 2.38. The Bertz CT molecular complexity index is 2540. The summed E-state index contributed by atoms with van der Waals surface area (Å²) in [4.78, 5) is 9.46. The van der Waals surface area contributed by atoms with E-state index >= 15 is 0 Å². The molecule has 0 atom stereocenters. The third-order valence-corrected chi connectivity index (χ3v) is 7.74. The number of aromatic nitrogens is 3. The first-order valence-electron chi connectivity index (χ1n) is 16.3. The van der Waals surface area contributed by atoms with Gasteiger partial charge in [-0.3, -0.25) is 0 Å². The van der Waals surface area contributed by atoms with Crippen molar-refractivity contribution in [2.45, 2.75) is 0 Å². The topological polar surface area (TPSA) is 57.0 Å². The molecule has 9 rings (SSSR count). The van der Waals surface area contributed by atoms with Gasteiger partial charge in [-0.05, 0) is 83.9 Å². The molecule has 0 saturated carbocycles. The lowest BCUT2D eigenvalue weighted by molar-refractivity contribution is 0.619. The molecule has 3 heterocycles. The van der Waals surface area contributed by atoms with Gasteiger partial charge >= 0.3 is 0 Å². The lowest BCUT2D eigenvalue weighted by Gasteiger charge is -2.10. The highest BCUT2D eigenvalue weighted by atomic mass is 16.4. The molecule has 0 bridgehead atoms. The van der Waals surface area contributed by atoms with Crippen LogP contribution < -0.4 is 0 Å². The first kappa shape index (κ1) is 19.2. The second-order valence-corrected chi connectivity index (χ2v) is 10.3. The first-order chi connectivity index (χ1) is 23.4. The molecular weight excluding hydrogens is 530 g/mol. The van der Waals surface area contributed by atoms with E-state index in [4.69, 9.17) is 25.7 Å². The molecule has 0 fully saturated rings. The molecule has 0 aliphatic rings. The van der Waals surface area contributed by atoms with Gasteiger partial charge in [-0.15, -0.1) is 0 Å². The Labute approximate surface area is 253 Å². The maximum absolute atomic E-state index is 8.56. The fourth-order valence-electron chi connectivity index (χ4n) is 5.75. The van der Waals surface area contributed by atoms with Crippen LogP contribution in [0.2, 0.25) is 0 Å². The van der Waals surface area contributed by atoms with Gasteiger partial charge in [0.05, 0.1) is 17.9 Å². The van der Waals surface area contributed by atoms with Crippen molar-refractivity contribution in [3.63, 3.8) is 0 Å². The third kappa shape index (κ3) is 3.86. The Balaban J connectivity index is 1.28. The number of hydrogen-bond donors (Lipinski definition) is 0. The summed E-state index contributed by atoms with van der Waals surface area (Å²) in [6.07, 6.45) is 0. The van der Waals surface area contributed by atoms with E-state index in [-0.39, 0.29) is 29.7 Å². The summed E-state index contributed by atoms with van der Waals surface area (Å²) in [6.45, 7) is 0. The van der Waals surface area contributed by atoms with Gasteiger partial charge in [-0.1, -0.05) is 66.6 Å². The van der Waals surface area contributed by atoms with E-state index in [9.17, 15) is 0 Å². The summed E-state index contributed by atoms with van der Waals surface area (Å²) < 4.78 is 55.9. The van der Waals surface area contributed by atoms with Crippen LogP contribution in [0.25, 0.3) is 83.7 Å². The molecule has 5 nitrogen and oxygen atoms in total. The zero-order chi connectivity index (χ0) is 32.7. The zero-order valence-electron chi connectivity index (χ0n) is 27.6. The maximum Gasteiger partial charge on any atom is 0.227 e. The Morgan fingerprint density at radius 2 is 1.09 bits per heavy atom. The minimum atomic E-state index is -0.420. The summed E-state index contributed by atoms with van der Waals surface area (Å²) in [5, 5.41) is 1.88. The van der Waals surface area contributed by atoms with Crippen molar-refractivity contribution in [2.75, 3.05) is 0 Å². The molecule has 0 radical (unpaired) electrons. The van der Waals surface area contributed by atoms with Gasteiger partial charge in [-0.25, -0.2) is 9.97 Å². The van der Waals surface area contributed by atoms with E-state index in [0.29, 0.717) is 28.5 Å². The quantitative estimate of drug-likeness (QED) is 0.216. The molecule has 202 valence electrons. The van der Waals surface area contributed by atoms with Gasteiger partial charge in [0.25, 0.3) is 0 Å². The summed E-state index contributed by atoms with van der Waals surface area (Å²) >= 11 is 0. The van der Waals surface area contributed by atoms with E-state index < -0.39 is 6.04 Å². The standard InChI is InChI=1S/C38H23N3O2/c1-2-9-24(10-3-1)25-11-8-12-28(21-25)41-33-19-17-26(37-39-31-13-4-6-15-35(31)42-37)22-29(33)30-23-27(18-20-34(30)41)38-40-32-14-5-7-16-36(32)43-38/h1-23H/i1D,2D,3D,9D,10D. The SMILES string of the molecule is [2H]c1c([2H])c([2H])c(-c2cccc(-n3c4ccc(-c5nc6ccccc6o5)cc4c4cc(-c5nc6ccccc6o5)ccc43)c2)c([2H])c1[2H]. The van der Waals surface area contributed by atoms with E-state index in [1.807, 2.05) is 91.0 Å². The number of oxazole rings is 2. The smallest absolute Gasteiger partial charge is 0.227 e. The lowest BCUT2D eigenvalue weighted by Crippen LogP contribution is -1.94. The lowest BCUT2D eigenvalue weighted by atomic mass is 10.1. The van der Waals surface area contributed by atoms with Crippen LogP contribution in [0, 0.1) is 0 Å². The van der Waals surface area contributed by atoms with Crippen LogP contribution >= 0.6 is 0 Å². The highest BCUT2D eigenvalue weighted by Gasteiger charge is 2.18. The van der Waals surface area contributed by atoms with E-state index in [2.05, 4.69) is 16.7 Å². The molecule has 0 saturated heterocycles. The molecule has 0 unspecified atom stereocenters. The number of fused-ring (bicyclic) bond motifs is 5. The second kappa shape index (κ2) is 9.29. The minimum absolute atomic E-state index is 0.153. The molecule has 43 heavy (non-hydrogen) atoms. The third-order valence-electron chi connectivity index (χ3n) is 7.74. The van der Waals surface area contributed by atoms with Crippen LogP contribution in [0.3, 0.4) is 0 Å². The Morgan fingerprint density at radius 3 is 1.67 bits per heavy atom. The second-order valence-electron chi connectivity index (χ2n) is 10.3. The van der Waals surface area contributed by atoms with Gasteiger partial charge < -0.3 is 13.4 Å². The maximum atomic E-state index is 8.56. The summed E-state index contributed by atoms with van der Waals surface area (Å²) in [5.74, 6) is 1.02. The molecule has 3 aromatic heterocycles. The van der Waals surface area contributed by atoms with E-state index in [1.54, 1.807) is 6.07 Å². The van der Waals surface area contributed by atoms with Crippen LogP contribution in [0.1, 0.15) is 6.85 Å². The summed E-state index contributed by atoms with van der Waals surface area (Å²) in [5.41, 5.74) is 7.84. The van der Waals surface area contributed by atoms with Crippen molar-refractivity contribution in [3.8, 4) is 39.7 Å². The summed E-state index contributed by atoms with van der Waals surface area (Å²) in [7, 11) is 0. The van der Waals surface area contributed by atoms with Crippen LogP contribution in [0.4, 0.5) is 0 Å². The van der Waals surface area contributed by atoms with Crippen molar-refractivity contribution >= 4 is 44.0 Å². The molecule has 0 N–H and O–H groups in total. The van der Waals surface area contributed by atoms with Gasteiger partial charge in [0.2, 0.25) is 11.8 Å². The van der Waals surface area contributed by atoms with Crippen LogP contribution in [-0.2, 0) is 0 Å². The molecular formula is C38H23N3O2.